The molecule has 0 bridgehead atoms. The molecule has 18 heavy (non-hydrogen) atoms. The Balaban J connectivity index is 2.84. The SMILES string of the molecule is C#CCCCOc1ccc([N+](=O)[O-])cc1C(C)O. The van der Waals surface area contributed by atoms with Crippen molar-refractivity contribution in [2.75, 3.05) is 6.61 Å². The number of nitro groups is 1. The molecule has 0 aromatic heterocycles. The van der Waals surface area contributed by atoms with Crippen molar-refractivity contribution in [1.82, 2.24) is 0 Å². The molecule has 0 aliphatic heterocycles. The molecule has 0 spiro atoms. The van der Waals surface area contributed by atoms with E-state index in [9.17, 15) is 15.2 Å². The van der Waals surface area contributed by atoms with Crippen molar-refractivity contribution in [3.05, 3.63) is 33.9 Å². The van der Waals surface area contributed by atoms with Crippen molar-refractivity contribution in [3.63, 3.8) is 0 Å². The van der Waals surface area contributed by atoms with Gasteiger partial charge in [-0.1, -0.05) is 0 Å². The van der Waals surface area contributed by atoms with E-state index >= 15 is 0 Å². The van der Waals surface area contributed by atoms with Crippen LogP contribution in [0.2, 0.25) is 0 Å². The van der Waals surface area contributed by atoms with Gasteiger partial charge in [0, 0.05) is 24.1 Å². The second kappa shape index (κ2) is 6.62. The maximum absolute atomic E-state index is 10.6. The van der Waals surface area contributed by atoms with Gasteiger partial charge in [0.25, 0.3) is 5.69 Å². The Morgan fingerprint density at radius 1 is 1.61 bits per heavy atom. The number of aliphatic hydroxyl groups excluding tert-OH is 1. The monoisotopic (exact) mass is 249 g/mol. The summed E-state index contributed by atoms with van der Waals surface area (Å²) >= 11 is 0. The first-order valence-electron chi connectivity index (χ1n) is 5.59. The Morgan fingerprint density at radius 3 is 2.89 bits per heavy atom. The zero-order chi connectivity index (χ0) is 13.5. The Labute approximate surface area is 106 Å². The third-order valence-corrected chi connectivity index (χ3v) is 2.38. The van der Waals surface area contributed by atoms with Crippen molar-refractivity contribution in [3.8, 4) is 18.1 Å². The van der Waals surface area contributed by atoms with Crippen molar-refractivity contribution in [2.45, 2.75) is 25.9 Å². The van der Waals surface area contributed by atoms with E-state index in [-0.39, 0.29) is 5.69 Å². The molecule has 0 aliphatic carbocycles. The van der Waals surface area contributed by atoms with Gasteiger partial charge in [-0.15, -0.1) is 12.3 Å². The number of benzene rings is 1. The summed E-state index contributed by atoms with van der Waals surface area (Å²) in [5, 5.41) is 20.2. The first-order chi connectivity index (χ1) is 8.56. The number of unbranched alkanes of at least 4 members (excludes halogenated alkanes) is 1. The largest absolute Gasteiger partial charge is 0.493 e. The number of aliphatic hydroxyl groups is 1. The van der Waals surface area contributed by atoms with Crippen LogP contribution in [0.3, 0.4) is 0 Å². The minimum Gasteiger partial charge on any atom is -0.493 e. The Bertz CT molecular complexity index is 463. The molecule has 0 amide bonds. The minimum atomic E-state index is -0.826. The van der Waals surface area contributed by atoms with Gasteiger partial charge < -0.3 is 9.84 Å². The van der Waals surface area contributed by atoms with Gasteiger partial charge in [0.15, 0.2) is 0 Å². The van der Waals surface area contributed by atoms with E-state index in [4.69, 9.17) is 11.2 Å². The highest BCUT2D eigenvalue weighted by atomic mass is 16.6. The van der Waals surface area contributed by atoms with E-state index in [2.05, 4.69) is 5.92 Å². The minimum absolute atomic E-state index is 0.0677. The van der Waals surface area contributed by atoms with Crippen molar-refractivity contribution in [2.24, 2.45) is 0 Å². The van der Waals surface area contributed by atoms with Gasteiger partial charge in [0.2, 0.25) is 0 Å². The molecule has 0 aliphatic rings. The van der Waals surface area contributed by atoms with E-state index in [1.807, 2.05) is 0 Å². The van der Waals surface area contributed by atoms with Crippen LogP contribution in [0.25, 0.3) is 0 Å². The molecule has 0 radical (unpaired) electrons. The predicted molar refractivity (Wildman–Crippen MR) is 67.3 cm³/mol. The van der Waals surface area contributed by atoms with Crippen molar-refractivity contribution < 1.29 is 14.8 Å². The Hall–Kier alpha value is -2.06. The van der Waals surface area contributed by atoms with Crippen molar-refractivity contribution in [1.29, 1.82) is 0 Å². The second-order valence-electron chi connectivity index (χ2n) is 3.81. The first-order valence-corrected chi connectivity index (χ1v) is 5.59. The molecular formula is C13H15NO4. The molecule has 1 atom stereocenters. The first kappa shape index (κ1) is 14.0. The Morgan fingerprint density at radius 2 is 2.33 bits per heavy atom. The van der Waals surface area contributed by atoms with Gasteiger partial charge in [-0.2, -0.15) is 0 Å². The summed E-state index contributed by atoms with van der Waals surface area (Å²) in [6.07, 6.45) is 5.60. The number of nitrogens with zero attached hydrogens (tertiary/aromatic N) is 1. The van der Waals surface area contributed by atoms with Crippen LogP contribution < -0.4 is 4.74 Å². The second-order valence-corrected chi connectivity index (χ2v) is 3.81. The molecule has 0 fully saturated rings. The predicted octanol–water partition coefficient (Wildman–Crippen LogP) is 2.44. The van der Waals surface area contributed by atoms with E-state index < -0.39 is 11.0 Å². The Kier molecular flexibility index (Phi) is 5.15. The lowest BCUT2D eigenvalue weighted by molar-refractivity contribution is -0.385. The number of terminal acetylenes is 1. The number of rotatable bonds is 6. The summed E-state index contributed by atoms with van der Waals surface area (Å²) in [4.78, 5) is 10.1. The van der Waals surface area contributed by atoms with Gasteiger partial charge in [-0.3, -0.25) is 10.1 Å². The van der Waals surface area contributed by atoms with Crippen LogP contribution >= 0.6 is 0 Å². The molecule has 0 saturated carbocycles. The van der Waals surface area contributed by atoms with E-state index in [0.717, 1.165) is 0 Å². The smallest absolute Gasteiger partial charge is 0.270 e. The van der Waals surface area contributed by atoms with E-state index in [1.54, 1.807) is 0 Å². The van der Waals surface area contributed by atoms with Crippen LogP contribution in [0.1, 0.15) is 31.4 Å². The number of hydrogen-bond donors (Lipinski definition) is 1. The summed E-state index contributed by atoms with van der Waals surface area (Å²) in [7, 11) is 0. The average molecular weight is 249 g/mol. The van der Waals surface area contributed by atoms with E-state index in [0.29, 0.717) is 30.8 Å². The van der Waals surface area contributed by atoms with Crippen molar-refractivity contribution >= 4 is 5.69 Å². The zero-order valence-electron chi connectivity index (χ0n) is 10.1. The maximum atomic E-state index is 10.6. The topological polar surface area (TPSA) is 72.6 Å². The fraction of sp³-hybridized carbons (Fsp3) is 0.385. The van der Waals surface area contributed by atoms with Gasteiger partial charge in [0.1, 0.15) is 5.75 Å². The normalized spacial score (nSPS) is 11.6. The van der Waals surface area contributed by atoms with Crippen LogP contribution in [0.5, 0.6) is 5.75 Å². The van der Waals surface area contributed by atoms with Gasteiger partial charge in [-0.25, -0.2) is 0 Å². The number of non-ortho nitro benzene ring substituents is 1. The molecule has 1 rings (SSSR count). The molecule has 1 N–H and O–H groups in total. The molecule has 1 aromatic rings. The highest BCUT2D eigenvalue weighted by Crippen LogP contribution is 2.29. The molecule has 1 unspecified atom stereocenters. The summed E-state index contributed by atoms with van der Waals surface area (Å²) in [5.74, 6) is 2.95. The molecule has 5 nitrogen and oxygen atoms in total. The molecule has 5 heteroatoms. The van der Waals surface area contributed by atoms with Crippen LogP contribution in [0.4, 0.5) is 5.69 Å². The summed E-state index contributed by atoms with van der Waals surface area (Å²) < 4.78 is 5.46. The fourth-order valence-electron chi connectivity index (χ4n) is 1.46. The lowest BCUT2D eigenvalue weighted by Crippen LogP contribution is -2.03. The van der Waals surface area contributed by atoms with Crippen LogP contribution in [-0.2, 0) is 0 Å². The van der Waals surface area contributed by atoms with Crippen LogP contribution in [0, 0.1) is 22.5 Å². The molecule has 0 heterocycles. The third kappa shape index (κ3) is 3.75. The average Bonchev–Trinajstić information content (AvgIpc) is 2.34. The molecular weight excluding hydrogens is 234 g/mol. The quantitative estimate of drug-likeness (QED) is 0.364. The maximum Gasteiger partial charge on any atom is 0.270 e. The fourth-order valence-corrected chi connectivity index (χ4v) is 1.46. The molecule has 0 saturated heterocycles. The van der Waals surface area contributed by atoms with Gasteiger partial charge in [-0.05, 0) is 19.4 Å². The highest BCUT2D eigenvalue weighted by molar-refractivity contribution is 5.44. The lowest BCUT2D eigenvalue weighted by Gasteiger charge is -2.12. The summed E-state index contributed by atoms with van der Waals surface area (Å²) in [6.45, 7) is 1.95. The van der Waals surface area contributed by atoms with Gasteiger partial charge in [0.05, 0.1) is 17.6 Å². The van der Waals surface area contributed by atoms with Crippen LogP contribution in [-0.4, -0.2) is 16.6 Å². The number of nitro benzene ring substituents is 1. The summed E-state index contributed by atoms with van der Waals surface area (Å²) in [6, 6.07) is 4.17. The standard InChI is InChI=1S/C13H15NO4/c1-3-4-5-8-18-13-7-6-11(14(16)17)9-12(13)10(2)15/h1,6-7,9-10,15H,4-5,8H2,2H3. The highest BCUT2D eigenvalue weighted by Gasteiger charge is 2.15. The molecule has 1 aromatic carbocycles. The lowest BCUT2D eigenvalue weighted by atomic mass is 10.1. The summed E-state index contributed by atoms with van der Waals surface area (Å²) in [5.41, 5.74) is 0.340. The van der Waals surface area contributed by atoms with E-state index in [1.165, 1.54) is 25.1 Å². The van der Waals surface area contributed by atoms with Gasteiger partial charge >= 0.3 is 0 Å². The third-order valence-electron chi connectivity index (χ3n) is 2.38. The molecule has 96 valence electrons. The zero-order valence-corrected chi connectivity index (χ0v) is 10.1. The number of hydrogen-bond acceptors (Lipinski definition) is 4. The number of ether oxygens (including phenoxy) is 1. The van der Waals surface area contributed by atoms with Crippen LogP contribution in [0.15, 0.2) is 18.2 Å².